The van der Waals surface area contributed by atoms with E-state index in [-0.39, 0.29) is 23.8 Å². The highest BCUT2D eigenvalue weighted by Gasteiger charge is 2.32. The van der Waals surface area contributed by atoms with E-state index in [1.54, 1.807) is 0 Å². The van der Waals surface area contributed by atoms with Crippen molar-refractivity contribution in [3.8, 4) is 0 Å². The number of hydrogen-bond donors (Lipinski definition) is 2. The van der Waals surface area contributed by atoms with Crippen LogP contribution in [0.3, 0.4) is 0 Å². The van der Waals surface area contributed by atoms with Gasteiger partial charge in [-0.15, -0.1) is 0 Å². The van der Waals surface area contributed by atoms with Gasteiger partial charge in [-0.3, -0.25) is 19.8 Å². The predicted molar refractivity (Wildman–Crippen MR) is 96.0 cm³/mol. The van der Waals surface area contributed by atoms with Crippen molar-refractivity contribution in [2.24, 2.45) is 11.8 Å². The molecule has 0 saturated carbocycles. The van der Waals surface area contributed by atoms with Crippen LogP contribution in [0.1, 0.15) is 46.5 Å². The van der Waals surface area contributed by atoms with Crippen LogP contribution in [-0.4, -0.2) is 66.4 Å². The molecule has 1 atom stereocenters. The Bertz CT molecular complexity index is 481. The van der Waals surface area contributed by atoms with Crippen molar-refractivity contribution in [1.82, 2.24) is 20.4 Å². The average molecular weight is 352 g/mol. The van der Waals surface area contributed by atoms with Gasteiger partial charge in [-0.1, -0.05) is 13.8 Å². The Balaban J connectivity index is 1.74. The summed E-state index contributed by atoms with van der Waals surface area (Å²) < 4.78 is 0. The highest BCUT2D eigenvalue weighted by molar-refractivity contribution is 5.96. The lowest BCUT2D eigenvalue weighted by Gasteiger charge is -2.35. The first-order valence-corrected chi connectivity index (χ1v) is 9.50. The first-order chi connectivity index (χ1) is 11.9. The maximum Gasteiger partial charge on any atom is 0.321 e. The topological polar surface area (TPSA) is 81.8 Å². The number of carbonyl (C=O) groups is 3. The van der Waals surface area contributed by atoms with Crippen LogP contribution in [0.5, 0.6) is 0 Å². The van der Waals surface area contributed by atoms with Crippen molar-refractivity contribution in [3.63, 3.8) is 0 Å². The first kappa shape index (κ1) is 19.7. The van der Waals surface area contributed by atoms with Gasteiger partial charge in [0.2, 0.25) is 11.8 Å². The summed E-state index contributed by atoms with van der Waals surface area (Å²) in [5, 5.41) is 5.09. The molecule has 0 aromatic heterocycles. The number of imide groups is 1. The molecule has 0 aliphatic carbocycles. The van der Waals surface area contributed by atoms with Gasteiger partial charge in [-0.25, -0.2) is 4.79 Å². The lowest BCUT2D eigenvalue weighted by atomic mass is 9.94. The van der Waals surface area contributed by atoms with E-state index in [4.69, 9.17) is 0 Å². The molecule has 2 aliphatic heterocycles. The summed E-state index contributed by atoms with van der Waals surface area (Å²) in [4.78, 5) is 40.4. The Hall–Kier alpha value is -1.63. The number of urea groups is 1. The summed E-state index contributed by atoms with van der Waals surface area (Å²) in [5.41, 5.74) is 0. The Labute approximate surface area is 150 Å². The summed E-state index contributed by atoms with van der Waals surface area (Å²) in [6, 6.07) is -0.808. The second kappa shape index (κ2) is 9.17. The molecule has 2 rings (SSSR count). The van der Waals surface area contributed by atoms with Crippen molar-refractivity contribution in [2.75, 3.05) is 32.7 Å². The Morgan fingerprint density at radius 3 is 2.16 bits per heavy atom. The van der Waals surface area contributed by atoms with E-state index in [9.17, 15) is 14.4 Å². The van der Waals surface area contributed by atoms with Crippen molar-refractivity contribution in [3.05, 3.63) is 0 Å². The molecule has 0 aromatic carbocycles. The number of hydrogen-bond acceptors (Lipinski definition) is 4. The van der Waals surface area contributed by atoms with Crippen LogP contribution >= 0.6 is 0 Å². The Morgan fingerprint density at radius 2 is 1.60 bits per heavy atom. The molecule has 0 aromatic rings. The van der Waals surface area contributed by atoms with E-state index in [0.717, 1.165) is 38.8 Å². The van der Waals surface area contributed by atoms with Crippen LogP contribution in [-0.2, 0) is 9.59 Å². The van der Waals surface area contributed by atoms with E-state index < -0.39 is 6.03 Å². The molecule has 25 heavy (non-hydrogen) atoms. The lowest BCUT2D eigenvalue weighted by molar-refractivity contribution is -0.136. The maximum absolute atomic E-state index is 12.5. The van der Waals surface area contributed by atoms with Crippen molar-refractivity contribution in [1.29, 1.82) is 0 Å². The van der Waals surface area contributed by atoms with Crippen molar-refractivity contribution >= 4 is 17.8 Å². The third-order valence-corrected chi connectivity index (χ3v) is 5.13. The molecule has 2 heterocycles. The molecule has 142 valence electrons. The largest absolute Gasteiger partial charge is 0.342 e. The van der Waals surface area contributed by atoms with Gasteiger partial charge in [-0.2, -0.15) is 0 Å². The summed E-state index contributed by atoms with van der Waals surface area (Å²) in [6.07, 6.45) is 3.79. The van der Waals surface area contributed by atoms with Gasteiger partial charge in [-0.05, 0) is 51.6 Å². The zero-order chi connectivity index (χ0) is 18.4. The van der Waals surface area contributed by atoms with Gasteiger partial charge < -0.3 is 10.2 Å². The minimum Gasteiger partial charge on any atom is -0.342 e. The van der Waals surface area contributed by atoms with Crippen LogP contribution in [0.25, 0.3) is 0 Å². The Morgan fingerprint density at radius 1 is 1.00 bits per heavy atom. The molecule has 7 nitrogen and oxygen atoms in total. The number of likely N-dealkylation sites (tertiary alicyclic amines) is 2. The number of nitrogens with one attached hydrogen (secondary N) is 2. The van der Waals surface area contributed by atoms with Gasteiger partial charge >= 0.3 is 6.03 Å². The zero-order valence-corrected chi connectivity index (χ0v) is 15.7. The summed E-state index contributed by atoms with van der Waals surface area (Å²) in [5.74, 6) is 0.414. The molecule has 2 fully saturated rings. The van der Waals surface area contributed by atoms with E-state index in [2.05, 4.69) is 15.5 Å². The number of piperidine rings is 1. The van der Waals surface area contributed by atoms with Gasteiger partial charge in [0.15, 0.2) is 0 Å². The van der Waals surface area contributed by atoms with E-state index in [0.29, 0.717) is 25.6 Å². The van der Waals surface area contributed by atoms with E-state index in [1.165, 1.54) is 0 Å². The lowest BCUT2D eigenvalue weighted by Crippen LogP contribution is -2.52. The number of rotatable bonds is 5. The monoisotopic (exact) mass is 352 g/mol. The summed E-state index contributed by atoms with van der Waals surface area (Å²) in [7, 11) is 0. The number of carbonyl (C=O) groups excluding carboxylic acids is 3. The molecule has 0 spiro atoms. The second-order valence-electron chi connectivity index (χ2n) is 7.61. The van der Waals surface area contributed by atoms with Crippen LogP contribution < -0.4 is 10.6 Å². The molecule has 2 N–H and O–H groups in total. The first-order valence-electron chi connectivity index (χ1n) is 9.50. The quantitative estimate of drug-likeness (QED) is 0.779. The fraction of sp³-hybridized carbons (Fsp3) is 0.833. The smallest absolute Gasteiger partial charge is 0.321 e. The normalized spacial score (nSPS) is 20.6. The molecule has 2 saturated heterocycles. The zero-order valence-electron chi connectivity index (χ0n) is 15.7. The summed E-state index contributed by atoms with van der Waals surface area (Å²) >= 11 is 0. The van der Waals surface area contributed by atoms with Gasteiger partial charge in [0.25, 0.3) is 0 Å². The van der Waals surface area contributed by atoms with Crippen molar-refractivity contribution in [2.45, 2.75) is 52.5 Å². The van der Waals surface area contributed by atoms with Crippen LogP contribution in [0, 0.1) is 11.8 Å². The van der Waals surface area contributed by atoms with Crippen LogP contribution in [0.2, 0.25) is 0 Å². The van der Waals surface area contributed by atoms with Crippen LogP contribution in [0.4, 0.5) is 4.79 Å². The van der Waals surface area contributed by atoms with Gasteiger partial charge in [0, 0.05) is 25.6 Å². The van der Waals surface area contributed by atoms with E-state index >= 15 is 0 Å². The maximum atomic E-state index is 12.5. The third kappa shape index (κ3) is 5.70. The second-order valence-corrected chi connectivity index (χ2v) is 7.61. The fourth-order valence-electron chi connectivity index (χ4n) is 3.45. The number of amides is 4. The molecule has 0 bridgehead atoms. The number of nitrogens with zero attached hydrogens (tertiary/aromatic N) is 2. The third-order valence-electron chi connectivity index (χ3n) is 5.13. The van der Waals surface area contributed by atoms with E-state index in [1.807, 2.05) is 25.7 Å². The highest BCUT2D eigenvalue weighted by atomic mass is 16.2. The minimum absolute atomic E-state index is 0.0824. The van der Waals surface area contributed by atoms with Gasteiger partial charge in [0.05, 0.1) is 6.04 Å². The molecular weight excluding hydrogens is 320 g/mol. The Kier molecular flexibility index (Phi) is 7.23. The molecular formula is C18H32N4O3. The van der Waals surface area contributed by atoms with Gasteiger partial charge in [0.1, 0.15) is 0 Å². The molecule has 4 amide bonds. The average Bonchev–Trinajstić information content (AvgIpc) is 3.13. The molecule has 7 heteroatoms. The standard InChI is InChI=1S/C18H32N4O3/c1-13(2)12-19-18(25)20-16(23)14(3)21-10-6-15(7-11-21)17(24)22-8-4-5-9-22/h13-15H,4-12H2,1-3H3,(H2,19,20,23,25). The molecule has 0 radical (unpaired) electrons. The molecule has 1 unspecified atom stereocenters. The summed E-state index contributed by atoms with van der Waals surface area (Å²) in [6.45, 7) is 9.56. The van der Waals surface area contributed by atoms with Crippen molar-refractivity contribution < 1.29 is 14.4 Å². The minimum atomic E-state index is -0.440. The molecule has 2 aliphatic rings. The SMILES string of the molecule is CC(C)CNC(=O)NC(=O)C(C)N1CCC(C(=O)N2CCCC2)CC1. The van der Waals surface area contributed by atoms with Crippen LogP contribution in [0.15, 0.2) is 0 Å². The fourth-order valence-corrected chi connectivity index (χ4v) is 3.45. The highest BCUT2D eigenvalue weighted by Crippen LogP contribution is 2.23. The predicted octanol–water partition coefficient (Wildman–Crippen LogP) is 1.19.